The maximum atomic E-state index is 14.3. The minimum absolute atomic E-state index is 0.0339. The van der Waals surface area contributed by atoms with Gasteiger partial charge in [-0.3, -0.25) is 0 Å². The summed E-state index contributed by atoms with van der Waals surface area (Å²) in [6, 6.07) is 4.41. The normalized spacial score (nSPS) is 12.5. The zero-order valence-corrected chi connectivity index (χ0v) is 16.2. The van der Waals surface area contributed by atoms with Crippen molar-refractivity contribution in [1.82, 2.24) is 0 Å². The number of carbonyl (C=O) groups is 1. The van der Waals surface area contributed by atoms with Gasteiger partial charge in [0.2, 0.25) is 5.76 Å². The molecule has 1 heterocycles. The smallest absolute Gasteiger partial charge is 0.417 e. The molecule has 0 radical (unpaired) electrons. The number of rotatable bonds is 4. The molecule has 0 atom stereocenters. The predicted molar refractivity (Wildman–Crippen MR) is 94.7 cm³/mol. The molecule has 0 unspecified atom stereocenters. The monoisotopic (exact) mass is 498 g/mol. The second-order valence-corrected chi connectivity index (χ2v) is 7.19. The number of benzene rings is 2. The first kappa shape index (κ1) is 22.1. The lowest BCUT2D eigenvalue weighted by atomic mass is 9.98. The van der Waals surface area contributed by atoms with Crippen molar-refractivity contribution < 1.29 is 45.1 Å². The zero-order chi connectivity index (χ0) is 22.4. The van der Waals surface area contributed by atoms with E-state index in [1.165, 1.54) is 6.07 Å². The highest BCUT2D eigenvalue weighted by Gasteiger charge is 2.40. The van der Waals surface area contributed by atoms with Gasteiger partial charge in [0.05, 0.1) is 11.1 Å². The number of aromatic carboxylic acids is 1. The van der Waals surface area contributed by atoms with Crippen LogP contribution in [0.1, 0.15) is 32.8 Å². The Hall–Kier alpha value is -2.56. The lowest BCUT2D eigenvalue weighted by molar-refractivity contribution is -0.144. The molecule has 160 valence electrons. The molecule has 3 nitrogen and oxygen atoms in total. The van der Waals surface area contributed by atoms with Gasteiger partial charge in [-0.05, 0) is 70.2 Å². The quantitative estimate of drug-likeness (QED) is 0.400. The first-order valence-corrected chi connectivity index (χ1v) is 8.98. The molecule has 0 saturated heterocycles. The number of alkyl halides is 6. The van der Waals surface area contributed by atoms with E-state index in [9.17, 15) is 35.5 Å². The summed E-state index contributed by atoms with van der Waals surface area (Å²) in [7, 11) is 0. The van der Waals surface area contributed by atoms with Crippen LogP contribution in [0.5, 0.6) is 0 Å². The summed E-state index contributed by atoms with van der Waals surface area (Å²) in [6.45, 7) is 0. The van der Waals surface area contributed by atoms with Gasteiger partial charge < -0.3 is 9.52 Å². The van der Waals surface area contributed by atoms with Crippen molar-refractivity contribution in [3.05, 3.63) is 68.6 Å². The van der Waals surface area contributed by atoms with E-state index >= 15 is 0 Å². The van der Waals surface area contributed by atoms with Gasteiger partial charge in [-0.2, -0.15) is 26.3 Å². The van der Waals surface area contributed by atoms with Gasteiger partial charge in [-0.25, -0.2) is 9.18 Å². The molecule has 11 heteroatoms. The van der Waals surface area contributed by atoms with Gasteiger partial charge in [-0.1, -0.05) is 0 Å². The largest absolute Gasteiger partial charge is 0.475 e. The third-order valence-corrected chi connectivity index (χ3v) is 5.18. The summed E-state index contributed by atoms with van der Waals surface area (Å²) in [4.78, 5) is 10.9. The van der Waals surface area contributed by atoms with Crippen molar-refractivity contribution in [2.24, 2.45) is 0 Å². The number of aryl methyl sites for hydroxylation is 2. The van der Waals surface area contributed by atoms with Crippen LogP contribution in [0.3, 0.4) is 0 Å². The molecule has 2 aromatic carbocycles. The summed E-state index contributed by atoms with van der Waals surface area (Å²) < 4.78 is 97.1. The Labute approximate surface area is 172 Å². The molecule has 0 fully saturated rings. The van der Waals surface area contributed by atoms with Gasteiger partial charge in [-0.15, -0.1) is 0 Å². The van der Waals surface area contributed by atoms with Gasteiger partial charge in [0.25, 0.3) is 0 Å². The average molecular weight is 499 g/mol. The predicted octanol–water partition coefficient (Wildman–Crippen LogP) is 6.86. The lowest BCUT2D eigenvalue weighted by Crippen LogP contribution is -2.14. The molecular weight excluding hydrogens is 489 g/mol. The minimum Gasteiger partial charge on any atom is -0.475 e. The molecule has 0 aliphatic carbocycles. The molecule has 1 aromatic heterocycles. The van der Waals surface area contributed by atoms with Crippen molar-refractivity contribution in [1.29, 1.82) is 0 Å². The number of hydrogen-bond acceptors (Lipinski definition) is 2. The fourth-order valence-electron chi connectivity index (χ4n) is 2.92. The fraction of sp³-hybridized carbons (Fsp3) is 0.211. The molecule has 0 bridgehead atoms. The Balaban J connectivity index is 1.97. The Morgan fingerprint density at radius 1 is 0.933 bits per heavy atom. The van der Waals surface area contributed by atoms with Crippen molar-refractivity contribution in [2.45, 2.75) is 25.2 Å². The molecule has 0 aliphatic heterocycles. The molecule has 3 aromatic rings. The van der Waals surface area contributed by atoms with Crippen LogP contribution in [0.2, 0.25) is 0 Å². The number of halogens is 8. The summed E-state index contributed by atoms with van der Waals surface area (Å²) in [5.74, 6) is -2.59. The van der Waals surface area contributed by atoms with Gasteiger partial charge in [0.15, 0.2) is 0 Å². The third-order valence-electron chi connectivity index (χ3n) is 4.32. The topological polar surface area (TPSA) is 50.4 Å². The van der Waals surface area contributed by atoms with Crippen molar-refractivity contribution in [3.8, 4) is 0 Å². The number of hydrogen-bond donors (Lipinski definition) is 1. The lowest BCUT2D eigenvalue weighted by Gasteiger charge is -2.17. The molecule has 30 heavy (non-hydrogen) atoms. The number of fused-ring (bicyclic) bond motifs is 1. The van der Waals surface area contributed by atoms with E-state index < -0.39 is 45.5 Å². The van der Waals surface area contributed by atoms with Crippen LogP contribution in [-0.2, 0) is 25.2 Å². The first-order chi connectivity index (χ1) is 13.8. The van der Waals surface area contributed by atoms with Gasteiger partial charge in [0, 0.05) is 9.86 Å². The Morgan fingerprint density at radius 3 is 2.00 bits per heavy atom. The molecular formula is C19H10BrF7O3. The van der Waals surface area contributed by atoms with E-state index in [1.807, 2.05) is 0 Å². The number of carboxylic acids is 1. The van der Waals surface area contributed by atoms with Crippen LogP contribution in [0.4, 0.5) is 30.7 Å². The van der Waals surface area contributed by atoms with Crippen molar-refractivity contribution in [2.75, 3.05) is 0 Å². The Bertz CT molecular complexity index is 1090. The molecule has 0 aliphatic rings. The highest BCUT2D eigenvalue weighted by Crippen LogP contribution is 2.43. The fourth-order valence-corrected chi connectivity index (χ4v) is 3.60. The SMILES string of the molecule is O=C(O)c1cc2cc(F)c(CCc3cc(C(F)(F)F)c(Br)c(C(F)(F)F)c3)cc2o1. The van der Waals surface area contributed by atoms with Crippen molar-refractivity contribution >= 4 is 32.9 Å². The van der Waals surface area contributed by atoms with Crippen LogP contribution in [0.15, 0.2) is 39.2 Å². The standard InChI is InChI=1S/C19H10BrF7O3/c20-16-11(18(22,23)24)3-8(4-12(16)19(25,26)27)1-2-9-6-14-10(5-13(9)21)7-15(30-14)17(28)29/h3-7H,1-2H2,(H,28,29). The third kappa shape index (κ3) is 4.45. The van der Waals surface area contributed by atoms with Crippen LogP contribution in [0, 0.1) is 5.82 Å². The van der Waals surface area contributed by atoms with Crippen molar-refractivity contribution in [3.63, 3.8) is 0 Å². The van der Waals surface area contributed by atoms with Crippen LogP contribution >= 0.6 is 15.9 Å². The first-order valence-electron chi connectivity index (χ1n) is 8.19. The van der Waals surface area contributed by atoms with E-state index in [-0.39, 0.29) is 34.9 Å². The highest BCUT2D eigenvalue weighted by atomic mass is 79.9. The zero-order valence-electron chi connectivity index (χ0n) is 14.6. The van der Waals surface area contributed by atoms with Gasteiger partial charge in [0.1, 0.15) is 11.4 Å². The molecule has 0 spiro atoms. The molecule has 3 rings (SSSR count). The van der Waals surface area contributed by atoms with E-state index in [1.54, 1.807) is 0 Å². The van der Waals surface area contributed by atoms with E-state index in [0.29, 0.717) is 12.1 Å². The van der Waals surface area contributed by atoms with E-state index in [0.717, 1.165) is 12.1 Å². The van der Waals surface area contributed by atoms with E-state index in [2.05, 4.69) is 15.9 Å². The molecule has 0 saturated carbocycles. The summed E-state index contributed by atoms with van der Waals surface area (Å²) in [5, 5.41) is 9.07. The van der Waals surface area contributed by atoms with Crippen LogP contribution < -0.4 is 0 Å². The Kier molecular flexibility index (Phi) is 5.61. The minimum atomic E-state index is -5.03. The van der Waals surface area contributed by atoms with Crippen LogP contribution in [0.25, 0.3) is 11.0 Å². The average Bonchev–Trinajstić information content (AvgIpc) is 3.01. The second kappa shape index (κ2) is 7.60. The van der Waals surface area contributed by atoms with E-state index in [4.69, 9.17) is 9.52 Å². The summed E-state index contributed by atoms with van der Waals surface area (Å²) in [5.41, 5.74) is -3.27. The number of carboxylic acid groups (broad SMARTS) is 1. The summed E-state index contributed by atoms with van der Waals surface area (Å²) >= 11 is 2.38. The second-order valence-electron chi connectivity index (χ2n) is 6.40. The number of furan rings is 1. The summed E-state index contributed by atoms with van der Waals surface area (Å²) in [6.07, 6.45) is -10.6. The molecule has 1 N–H and O–H groups in total. The van der Waals surface area contributed by atoms with Crippen LogP contribution in [-0.4, -0.2) is 11.1 Å². The maximum Gasteiger partial charge on any atom is 0.417 e. The van der Waals surface area contributed by atoms with Gasteiger partial charge >= 0.3 is 18.3 Å². The highest BCUT2D eigenvalue weighted by molar-refractivity contribution is 9.10. The maximum absolute atomic E-state index is 14.3. The Morgan fingerprint density at radius 2 is 1.50 bits per heavy atom. The molecule has 0 amide bonds.